The van der Waals surface area contributed by atoms with E-state index in [4.69, 9.17) is 10.2 Å². The minimum Gasteiger partial charge on any atom is -1.00 e. The highest BCUT2D eigenvalue weighted by Gasteiger charge is 2.22. The second kappa shape index (κ2) is 11.8. The van der Waals surface area contributed by atoms with Gasteiger partial charge in [-0.3, -0.25) is 10.1 Å². The Morgan fingerprint density at radius 1 is 0.966 bits per heavy atom. The third-order valence-corrected chi connectivity index (χ3v) is 4.70. The average Bonchev–Trinajstić information content (AvgIpc) is 2.67. The van der Waals surface area contributed by atoms with Gasteiger partial charge >= 0.3 is 0 Å². The van der Waals surface area contributed by atoms with E-state index in [0.29, 0.717) is 30.5 Å². The van der Waals surface area contributed by atoms with Gasteiger partial charge in [-0.2, -0.15) is 0 Å². The maximum absolute atomic E-state index is 11.6. The van der Waals surface area contributed by atoms with Crippen LogP contribution in [0.15, 0.2) is 42.5 Å². The summed E-state index contributed by atoms with van der Waals surface area (Å²) < 4.78 is 0. The Labute approximate surface area is 180 Å². The third-order valence-electron chi connectivity index (χ3n) is 4.70. The van der Waals surface area contributed by atoms with Gasteiger partial charge in [-0.25, -0.2) is 4.98 Å². The smallest absolute Gasteiger partial charge is 0.284 e. The number of aliphatic hydroxyl groups excluding tert-OH is 2. The zero-order valence-electron chi connectivity index (χ0n) is 15.7. The SMILES string of the molecule is O=[N+]([O-])c1cccc2nc3ccccc3c([NH2+]CC[NH+](CCO)CCO)c12.[Cl-].[Cl-]. The molecule has 0 atom stereocenters. The summed E-state index contributed by atoms with van der Waals surface area (Å²) in [6.45, 7) is 2.63. The molecular weight excluding hydrogens is 419 g/mol. The Bertz CT molecular complexity index is 952. The predicted molar refractivity (Wildman–Crippen MR) is 102 cm³/mol. The highest BCUT2D eigenvalue weighted by molar-refractivity contribution is 6.07. The van der Waals surface area contributed by atoms with Gasteiger partial charge in [-0.15, -0.1) is 0 Å². The number of nitro benzene ring substituents is 1. The van der Waals surface area contributed by atoms with E-state index in [-0.39, 0.29) is 48.6 Å². The molecule has 0 saturated heterocycles. The number of quaternary nitrogens is 2. The van der Waals surface area contributed by atoms with Crippen molar-refractivity contribution >= 4 is 33.2 Å². The molecule has 0 saturated carbocycles. The van der Waals surface area contributed by atoms with Crippen LogP contribution in [0, 0.1) is 10.1 Å². The van der Waals surface area contributed by atoms with E-state index in [1.165, 1.54) is 6.07 Å². The van der Waals surface area contributed by atoms with Crippen molar-refractivity contribution in [3.8, 4) is 0 Å². The Hall–Kier alpha value is -2.07. The number of nitrogens with one attached hydrogen (secondary N) is 1. The normalized spacial score (nSPS) is 10.7. The number of benzene rings is 2. The van der Waals surface area contributed by atoms with E-state index >= 15 is 0 Å². The molecular formula is C19H24Cl2N4O4. The van der Waals surface area contributed by atoms with Crippen LogP contribution in [0.4, 0.5) is 11.4 Å². The standard InChI is InChI=1S/C19H22N4O4.2ClH/c24-12-10-22(11-13-25)9-8-20-19-14-4-1-2-5-15(14)21-16-6-3-7-17(18(16)19)23(26)27;;/h1-7,24-25H,8-13H2,(H,20,21);2*1H. The maximum Gasteiger partial charge on any atom is 0.284 e. The summed E-state index contributed by atoms with van der Waals surface area (Å²) in [6.07, 6.45) is 0. The first-order valence-electron chi connectivity index (χ1n) is 9.00. The lowest BCUT2D eigenvalue weighted by Crippen LogP contribution is -3.15. The van der Waals surface area contributed by atoms with Crippen molar-refractivity contribution in [2.24, 2.45) is 0 Å². The number of hydrogen-bond acceptors (Lipinski definition) is 5. The lowest BCUT2D eigenvalue weighted by Gasteiger charge is -2.16. The topological polar surface area (TPSA) is 118 Å². The second-order valence-corrected chi connectivity index (χ2v) is 6.41. The van der Waals surface area contributed by atoms with Gasteiger partial charge in [0.2, 0.25) is 0 Å². The largest absolute Gasteiger partial charge is 1.00 e. The number of non-ortho nitro benzene ring substituents is 1. The van der Waals surface area contributed by atoms with E-state index < -0.39 is 0 Å². The molecule has 0 aliphatic rings. The predicted octanol–water partition coefficient (Wildman–Crippen LogP) is -6.63. The monoisotopic (exact) mass is 442 g/mol. The number of nitrogens with two attached hydrogens (primary N) is 1. The number of fused-ring (bicyclic) bond motifs is 2. The molecule has 0 aliphatic heterocycles. The number of aromatic nitrogens is 1. The summed E-state index contributed by atoms with van der Waals surface area (Å²) in [5.74, 6) is 0. The molecule has 0 spiro atoms. The number of hydrogen-bond donors (Lipinski definition) is 4. The highest BCUT2D eigenvalue weighted by atomic mass is 35.5. The van der Waals surface area contributed by atoms with Crippen LogP contribution in [0.5, 0.6) is 0 Å². The molecule has 3 rings (SSSR count). The Morgan fingerprint density at radius 2 is 1.62 bits per heavy atom. The van der Waals surface area contributed by atoms with Gasteiger partial charge in [0.15, 0.2) is 5.69 Å². The number of aliphatic hydroxyl groups is 2. The summed E-state index contributed by atoms with van der Waals surface area (Å²) in [7, 11) is 0. The quantitative estimate of drug-likeness (QED) is 0.149. The molecule has 8 nitrogen and oxygen atoms in total. The minimum atomic E-state index is -0.370. The highest BCUT2D eigenvalue weighted by Crippen LogP contribution is 2.33. The van der Waals surface area contributed by atoms with Gasteiger partial charge in [0, 0.05) is 6.07 Å². The van der Waals surface area contributed by atoms with Gasteiger partial charge < -0.3 is 45.2 Å². The molecule has 0 amide bonds. The summed E-state index contributed by atoms with van der Waals surface area (Å²) in [5.41, 5.74) is 2.26. The Morgan fingerprint density at radius 3 is 2.28 bits per heavy atom. The van der Waals surface area contributed by atoms with Crippen LogP contribution in [0.25, 0.3) is 21.8 Å². The molecule has 0 bridgehead atoms. The lowest BCUT2D eigenvalue weighted by atomic mass is 10.1. The fourth-order valence-electron chi connectivity index (χ4n) is 3.44. The van der Waals surface area contributed by atoms with Crippen LogP contribution < -0.4 is 35.0 Å². The molecule has 5 N–H and O–H groups in total. The number of pyridine rings is 1. The van der Waals surface area contributed by atoms with Crippen LogP contribution >= 0.6 is 0 Å². The van der Waals surface area contributed by atoms with E-state index in [0.717, 1.165) is 28.0 Å². The van der Waals surface area contributed by atoms with E-state index in [1.54, 1.807) is 12.1 Å². The van der Waals surface area contributed by atoms with Crippen molar-refractivity contribution in [1.29, 1.82) is 0 Å². The average molecular weight is 443 g/mol. The van der Waals surface area contributed by atoms with Crippen molar-refractivity contribution in [3.63, 3.8) is 0 Å². The van der Waals surface area contributed by atoms with E-state index in [1.807, 2.05) is 29.6 Å². The van der Waals surface area contributed by atoms with Gasteiger partial charge in [-0.05, 0) is 18.2 Å². The first-order chi connectivity index (χ1) is 13.2. The van der Waals surface area contributed by atoms with Crippen molar-refractivity contribution < 1.29 is 50.2 Å². The minimum absolute atomic E-state index is 0. The van der Waals surface area contributed by atoms with Crippen molar-refractivity contribution in [1.82, 2.24) is 4.98 Å². The molecule has 1 aromatic heterocycles. The van der Waals surface area contributed by atoms with Gasteiger partial charge in [-0.1, -0.05) is 18.2 Å². The lowest BCUT2D eigenvalue weighted by molar-refractivity contribution is -0.909. The molecule has 3 aromatic rings. The number of para-hydroxylation sites is 1. The maximum atomic E-state index is 11.6. The van der Waals surface area contributed by atoms with Crippen molar-refractivity contribution in [2.45, 2.75) is 0 Å². The zero-order valence-corrected chi connectivity index (χ0v) is 17.2. The van der Waals surface area contributed by atoms with Crippen molar-refractivity contribution in [2.75, 3.05) is 39.4 Å². The third kappa shape index (κ3) is 5.72. The first-order valence-corrected chi connectivity index (χ1v) is 9.00. The molecule has 0 radical (unpaired) electrons. The van der Waals surface area contributed by atoms with Crippen LogP contribution in [-0.4, -0.2) is 59.5 Å². The van der Waals surface area contributed by atoms with Crippen LogP contribution in [0.1, 0.15) is 0 Å². The summed E-state index contributed by atoms with van der Waals surface area (Å²) in [6, 6.07) is 12.6. The molecule has 0 unspecified atom stereocenters. The molecule has 0 fully saturated rings. The number of rotatable bonds is 9. The van der Waals surface area contributed by atoms with Crippen LogP contribution in [-0.2, 0) is 0 Å². The molecule has 2 aromatic carbocycles. The molecule has 158 valence electrons. The van der Waals surface area contributed by atoms with Crippen LogP contribution in [0.3, 0.4) is 0 Å². The van der Waals surface area contributed by atoms with E-state index in [2.05, 4.69) is 4.98 Å². The summed E-state index contributed by atoms with van der Waals surface area (Å²) >= 11 is 0. The second-order valence-electron chi connectivity index (χ2n) is 6.41. The fraction of sp³-hybridized carbons (Fsp3) is 0.316. The Kier molecular flexibility index (Phi) is 10.2. The van der Waals surface area contributed by atoms with Crippen LogP contribution in [0.2, 0.25) is 0 Å². The number of nitro groups is 1. The summed E-state index contributed by atoms with van der Waals surface area (Å²) in [4.78, 5) is 16.9. The number of nitrogens with zero attached hydrogens (tertiary/aromatic N) is 2. The van der Waals surface area contributed by atoms with Gasteiger partial charge in [0.25, 0.3) is 5.69 Å². The molecule has 1 heterocycles. The molecule has 29 heavy (non-hydrogen) atoms. The van der Waals surface area contributed by atoms with Gasteiger partial charge in [0.1, 0.15) is 31.6 Å². The van der Waals surface area contributed by atoms with E-state index in [9.17, 15) is 10.1 Å². The number of halogens is 2. The van der Waals surface area contributed by atoms with Gasteiger partial charge in [0.05, 0.1) is 34.6 Å². The first kappa shape index (κ1) is 25.0. The zero-order chi connectivity index (χ0) is 19.2. The fourth-order valence-corrected chi connectivity index (χ4v) is 3.44. The molecule has 0 aliphatic carbocycles. The van der Waals surface area contributed by atoms with Crippen molar-refractivity contribution in [3.05, 3.63) is 52.6 Å². The molecule has 10 heteroatoms. The Balaban J connectivity index is 0.00000210. The summed E-state index contributed by atoms with van der Waals surface area (Å²) in [5, 5.41) is 33.3.